The van der Waals surface area contributed by atoms with E-state index in [1.165, 1.54) is 5.56 Å². The van der Waals surface area contributed by atoms with Crippen LogP contribution in [0, 0.1) is 17.0 Å². The zero-order chi connectivity index (χ0) is 14.8. The molecule has 0 aliphatic heterocycles. The average molecular weight is 286 g/mol. The molecule has 5 nitrogen and oxygen atoms in total. The molecule has 0 saturated carbocycles. The second-order valence-corrected chi connectivity index (χ2v) is 5.44. The summed E-state index contributed by atoms with van der Waals surface area (Å²) in [5.41, 5.74) is 3.12. The number of hydrogen-bond acceptors (Lipinski definition) is 4. The van der Waals surface area contributed by atoms with Crippen LogP contribution < -0.4 is 5.32 Å². The third-order valence-electron chi connectivity index (χ3n) is 4.20. The van der Waals surface area contributed by atoms with Gasteiger partial charge in [-0.05, 0) is 31.4 Å². The van der Waals surface area contributed by atoms with Gasteiger partial charge >= 0.3 is 0 Å². The van der Waals surface area contributed by atoms with Crippen molar-refractivity contribution in [3.8, 4) is 0 Å². The van der Waals surface area contributed by atoms with Gasteiger partial charge in [0, 0.05) is 36.2 Å². The molecule has 0 radical (unpaired) electrons. The first kappa shape index (κ1) is 13.8. The smallest absolute Gasteiger partial charge is 0.272 e. The SMILES string of the molecule is Cc1c(CNC2CCCc3occc32)cccc1[N+](=O)[O-]. The van der Waals surface area contributed by atoms with E-state index in [1.54, 1.807) is 25.3 Å². The van der Waals surface area contributed by atoms with Gasteiger partial charge in [-0.2, -0.15) is 0 Å². The van der Waals surface area contributed by atoms with Crippen molar-refractivity contribution in [1.82, 2.24) is 5.32 Å². The Kier molecular flexibility index (Phi) is 3.75. The molecule has 1 atom stereocenters. The summed E-state index contributed by atoms with van der Waals surface area (Å²) in [4.78, 5) is 10.7. The molecule has 0 fully saturated rings. The first-order valence-electron chi connectivity index (χ1n) is 7.19. The van der Waals surface area contributed by atoms with E-state index in [0.717, 1.165) is 36.1 Å². The van der Waals surface area contributed by atoms with Gasteiger partial charge in [0.15, 0.2) is 0 Å². The van der Waals surface area contributed by atoms with E-state index in [4.69, 9.17) is 4.42 Å². The lowest BCUT2D eigenvalue weighted by atomic mass is 9.93. The van der Waals surface area contributed by atoms with Gasteiger partial charge < -0.3 is 9.73 Å². The van der Waals surface area contributed by atoms with E-state index in [2.05, 4.69) is 5.32 Å². The van der Waals surface area contributed by atoms with Gasteiger partial charge in [-0.3, -0.25) is 10.1 Å². The van der Waals surface area contributed by atoms with Crippen LogP contribution in [0.15, 0.2) is 34.9 Å². The Hall–Kier alpha value is -2.14. The summed E-state index contributed by atoms with van der Waals surface area (Å²) in [6, 6.07) is 7.52. The van der Waals surface area contributed by atoms with Crippen LogP contribution in [0.4, 0.5) is 5.69 Å². The second-order valence-electron chi connectivity index (χ2n) is 5.44. The maximum Gasteiger partial charge on any atom is 0.272 e. The fourth-order valence-electron chi connectivity index (χ4n) is 2.99. The zero-order valence-electron chi connectivity index (χ0n) is 12.0. The predicted octanol–water partition coefficient (Wildman–Crippen LogP) is 3.66. The molecular weight excluding hydrogens is 268 g/mol. The van der Waals surface area contributed by atoms with Gasteiger partial charge in [0.25, 0.3) is 5.69 Å². The molecule has 0 saturated heterocycles. The first-order chi connectivity index (χ1) is 10.2. The van der Waals surface area contributed by atoms with E-state index in [9.17, 15) is 10.1 Å². The minimum atomic E-state index is -0.326. The quantitative estimate of drug-likeness (QED) is 0.688. The highest BCUT2D eigenvalue weighted by molar-refractivity contribution is 5.44. The lowest BCUT2D eigenvalue weighted by Crippen LogP contribution is -2.24. The molecule has 1 unspecified atom stereocenters. The number of furan rings is 1. The molecule has 0 amide bonds. The van der Waals surface area contributed by atoms with E-state index in [-0.39, 0.29) is 16.7 Å². The van der Waals surface area contributed by atoms with E-state index in [0.29, 0.717) is 6.54 Å². The van der Waals surface area contributed by atoms with E-state index in [1.807, 2.05) is 12.1 Å². The summed E-state index contributed by atoms with van der Waals surface area (Å²) in [6.07, 6.45) is 4.91. The molecule has 110 valence electrons. The lowest BCUT2D eigenvalue weighted by molar-refractivity contribution is -0.385. The average Bonchev–Trinajstić information content (AvgIpc) is 2.95. The van der Waals surface area contributed by atoms with Crippen LogP contribution in [0.3, 0.4) is 0 Å². The van der Waals surface area contributed by atoms with Crippen molar-refractivity contribution < 1.29 is 9.34 Å². The van der Waals surface area contributed by atoms with Gasteiger partial charge in [0.2, 0.25) is 0 Å². The fourth-order valence-corrected chi connectivity index (χ4v) is 2.99. The largest absolute Gasteiger partial charge is 0.469 e. The maximum atomic E-state index is 11.0. The molecule has 2 aromatic rings. The number of aryl methyl sites for hydroxylation is 1. The Labute approximate surface area is 123 Å². The minimum Gasteiger partial charge on any atom is -0.469 e. The molecule has 1 N–H and O–H groups in total. The van der Waals surface area contributed by atoms with Crippen molar-refractivity contribution in [2.75, 3.05) is 0 Å². The summed E-state index contributed by atoms with van der Waals surface area (Å²) < 4.78 is 5.48. The first-order valence-corrected chi connectivity index (χ1v) is 7.19. The molecule has 1 aliphatic rings. The molecular formula is C16H18N2O3. The monoisotopic (exact) mass is 286 g/mol. The Morgan fingerprint density at radius 3 is 3.10 bits per heavy atom. The van der Waals surface area contributed by atoms with Crippen molar-refractivity contribution >= 4 is 5.69 Å². The number of nitro benzene ring substituents is 1. The van der Waals surface area contributed by atoms with Crippen molar-refractivity contribution in [2.45, 2.75) is 38.8 Å². The minimum absolute atomic E-state index is 0.182. The van der Waals surface area contributed by atoms with Gasteiger partial charge in [0.05, 0.1) is 11.2 Å². The molecule has 0 spiro atoms. The Morgan fingerprint density at radius 2 is 2.29 bits per heavy atom. The highest BCUT2D eigenvalue weighted by atomic mass is 16.6. The third kappa shape index (κ3) is 2.69. The van der Waals surface area contributed by atoms with Gasteiger partial charge in [0.1, 0.15) is 5.76 Å². The summed E-state index contributed by atoms with van der Waals surface area (Å²) in [5, 5.41) is 14.5. The van der Waals surface area contributed by atoms with Crippen LogP contribution in [0.1, 0.15) is 41.3 Å². The summed E-state index contributed by atoms with van der Waals surface area (Å²) in [7, 11) is 0. The maximum absolute atomic E-state index is 11.0. The van der Waals surface area contributed by atoms with Crippen LogP contribution in [0.25, 0.3) is 0 Å². The highest BCUT2D eigenvalue weighted by Crippen LogP contribution is 2.31. The van der Waals surface area contributed by atoms with Crippen LogP contribution in [-0.2, 0) is 13.0 Å². The second kappa shape index (κ2) is 5.69. The zero-order valence-corrected chi connectivity index (χ0v) is 12.0. The molecule has 5 heteroatoms. The van der Waals surface area contributed by atoms with Gasteiger partial charge in [-0.25, -0.2) is 0 Å². The number of nitrogens with one attached hydrogen (secondary N) is 1. The third-order valence-corrected chi connectivity index (χ3v) is 4.20. The normalized spacial score (nSPS) is 17.5. The standard InChI is InChI=1S/C16H18N2O3/c1-11-12(4-2-6-15(11)18(19)20)10-17-14-5-3-7-16-13(14)8-9-21-16/h2,4,6,8-9,14,17H,3,5,7,10H2,1H3. The number of rotatable bonds is 4. The molecule has 1 aromatic heterocycles. The molecule has 1 heterocycles. The van der Waals surface area contributed by atoms with Gasteiger partial charge in [-0.15, -0.1) is 0 Å². The number of nitrogens with zero attached hydrogens (tertiary/aromatic N) is 1. The number of fused-ring (bicyclic) bond motifs is 1. The number of nitro groups is 1. The molecule has 1 aliphatic carbocycles. The van der Waals surface area contributed by atoms with Gasteiger partial charge in [-0.1, -0.05) is 12.1 Å². The summed E-state index contributed by atoms with van der Waals surface area (Å²) in [6.45, 7) is 2.43. The van der Waals surface area contributed by atoms with Crippen LogP contribution in [0.2, 0.25) is 0 Å². The molecule has 3 rings (SSSR count). The number of hydrogen-bond donors (Lipinski definition) is 1. The molecule has 0 bridgehead atoms. The fraction of sp³-hybridized carbons (Fsp3) is 0.375. The van der Waals surface area contributed by atoms with Crippen LogP contribution >= 0.6 is 0 Å². The van der Waals surface area contributed by atoms with Crippen LogP contribution in [0.5, 0.6) is 0 Å². The summed E-state index contributed by atoms with van der Waals surface area (Å²) >= 11 is 0. The topological polar surface area (TPSA) is 68.3 Å². The predicted molar refractivity (Wildman–Crippen MR) is 79.1 cm³/mol. The van der Waals surface area contributed by atoms with Crippen molar-refractivity contribution in [3.63, 3.8) is 0 Å². The molecule has 1 aromatic carbocycles. The van der Waals surface area contributed by atoms with E-state index >= 15 is 0 Å². The summed E-state index contributed by atoms with van der Waals surface area (Å²) in [5.74, 6) is 1.06. The lowest BCUT2D eigenvalue weighted by Gasteiger charge is -2.23. The Morgan fingerprint density at radius 1 is 1.43 bits per heavy atom. The Balaban J connectivity index is 1.75. The number of benzene rings is 1. The van der Waals surface area contributed by atoms with Crippen molar-refractivity contribution in [1.29, 1.82) is 0 Å². The van der Waals surface area contributed by atoms with Crippen LogP contribution in [-0.4, -0.2) is 4.92 Å². The highest BCUT2D eigenvalue weighted by Gasteiger charge is 2.22. The van der Waals surface area contributed by atoms with Crippen molar-refractivity contribution in [3.05, 3.63) is 63.1 Å². The molecule has 21 heavy (non-hydrogen) atoms. The van der Waals surface area contributed by atoms with E-state index < -0.39 is 0 Å². The Bertz CT molecular complexity index is 663. The van der Waals surface area contributed by atoms with Crippen molar-refractivity contribution in [2.24, 2.45) is 0 Å².